The van der Waals surface area contributed by atoms with Crippen LogP contribution in [0.1, 0.15) is 12.0 Å². The second-order valence-electron chi connectivity index (χ2n) is 5.76. The highest BCUT2D eigenvalue weighted by Gasteiger charge is 2.32. The lowest BCUT2D eigenvalue weighted by Crippen LogP contribution is -2.28. The van der Waals surface area contributed by atoms with Crippen molar-refractivity contribution in [3.63, 3.8) is 0 Å². The van der Waals surface area contributed by atoms with E-state index in [4.69, 9.17) is 23.2 Å². The third kappa shape index (κ3) is 5.00. The zero-order chi connectivity index (χ0) is 18.7. The van der Waals surface area contributed by atoms with Gasteiger partial charge in [-0.15, -0.1) is 0 Å². The van der Waals surface area contributed by atoms with Gasteiger partial charge in [0.25, 0.3) is 0 Å². The fraction of sp³-hybridized carbons (Fsp3) is 0.167. The van der Waals surface area contributed by atoms with Crippen molar-refractivity contribution in [3.8, 4) is 0 Å². The molecular formula is C18H15Cl2N3O2S. The molecule has 8 heteroatoms. The van der Waals surface area contributed by atoms with Gasteiger partial charge in [-0.1, -0.05) is 52.7 Å². The third-order valence-electron chi connectivity index (χ3n) is 3.56. The Bertz CT molecular complexity index is 864. The van der Waals surface area contributed by atoms with E-state index in [0.717, 1.165) is 11.3 Å². The number of thioether (sulfide) groups is 1. The molecule has 3 rings (SSSR count). The molecule has 134 valence electrons. The molecule has 5 nitrogen and oxygen atoms in total. The lowest BCUT2D eigenvalue weighted by molar-refractivity contribution is -0.122. The van der Waals surface area contributed by atoms with E-state index in [1.165, 1.54) is 11.8 Å². The van der Waals surface area contributed by atoms with Gasteiger partial charge in [-0.2, -0.15) is 0 Å². The largest absolute Gasteiger partial charge is 0.326 e. The fourth-order valence-electron chi connectivity index (χ4n) is 2.34. The first-order valence-electron chi connectivity index (χ1n) is 7.78. The first-order chi connectivity index (χ1) is 12.4. The number of amidine groups is 1. The standard InChI is InChI=1S/C18H15Cl2N3O2S/c1-10-2-4-13(5-3-10)22-18-23-17(25)15(26-18)9-16(24)21-14-7-11(19)6-12(20)8-14/h2-8,15H,9H2,1H3,(H,21,24)(H,22,23,25). The number of aryl methyl sites for hydroxylation is 1. The van der Waals surface area contributed by atoms with Crippen LogP contribution < -0.4 is 10.6 Å². The van der Waals surface area contributed by atoms with Gasteiger partial charge in [-0.25, -0.2) is 4.99 Å². The predicted octanol–water partition coefficient (Wildman–Crippen LogP) is 4.55. The number of hydrogen-bond donors (Lipinski definition) is 2. The molecule has 0 bridgehead atoms. The molecule has 1 unspecified atom stereocenters. The van der Waals surface area contributed by atoms with Crippen LogP contribution >= 0.6 is 35.0 Å². The van der Waals surface area contributed by atoms with Crippen LogP contribution in [-0.4, -0.2) is 22.2 Å². The minimum absolute atomic E-state index is 0.0214. The first kappa shape index (κ1) is 18.8. The van der Waals surface area contributed by atoms with Crippen molar-refractivity contribution in [1.82, 2.24) is 5.32 Å². The molecule has 0 spiro atoms. The quantitative estimate of drug-likeness (QED) is 0.780. The Hall–Kier alpha value is -2.02. The van der Waals surface area contributed by atoms with Crippen molar-refractivity contribution >= 4 is 63.3 Å². The number of carbonyl (C=O) groups is 2. The number of benzene rings is 2. The highest BCUT2D eigenvalue weighted by molar-refractivity contribution is 8.15. The van der Waals surface area contributed by atoms with Gasteiger partial charge >= 0.3 is 0 Å². The maximum Gasteiger partial charge on any atom is 0.240 e. The Morgan fingerprint density at radius 2 is 1.85 bits per heavy atom. The van der Waals surface area contributed by atoms with Gasteiger partial charge in [0, 0.05) is 22.2 Å². The van der Waals surface area contributed by atoms with Gasteiger partial charge in [0.05, 0.1) is 5.69 Å². The van der Waals surface area contributed by atoms with Gasteiger partial charge < -0.3 is 10.6 Å². The molecule has 1 saturated heterocycles. The molecule has 1 aliphatic rings. The topological polar surface area (TPSA) is 70.6 Å². The number of nitrogens with one attached hydrogen (secondary N) is 2. The highest BCUT2D eigenvalue weighted by atomic mass is 35.5. The minimum atomic E-state index is -0.533. The van der Waals surface area contributed by atoms with Crippen molar-refractivity contribution in [3.05, 3.63) is 58.1 Å². The molecule has 0 radical (unpaired) electrons. The molecular weight excluding hydrogens is 393 g/mol. The number of nitrogens with zero attached hydrogens (tertiary/aromatic N) is 1. The molecule has 1 atom stereocenters. The van der Waals surface area contributed by atoms with E-state index >= 15 is 0 Å². The summed E-state index contributed by atoms with van der Waals surface area (Å²) in [7, 11) is 0. The van der Waals surface area contributed by atoms with Crippen LogP contribution in [0.4, 0.5) is 11.4 Å². The second kappa shape index (κ2) is 8.12. The summed E-state index contributed by atoms with van der Waals surface area (Å²) < 4.78 is 0. The van der Waals surface area contributed by atoms with Gasteiger partial charge in [0.2, 0.25) is 11.8 Å². The van der Waals surface area contributed by atoms with E-state index in [1.54, 1.807) is 18.2 Å². The molecule has 2 amide bonds. The van der Waals surface area contributed by atoms with Crippen molar-refractivity contribution in [2.45, 2.75) is 18.6 Å². The maximum absolute atomic E-state index is 12.2. The summed E-state index contributed by atoms with van der Waals surface area (Å²) in [4.78, 5) is 28.7. The Kier molecular flexibility index (Phi) is 5.86. The summed E-state index contributed by atoms with van der Waals surface area (Å²) in [6.45, 7) is 1.99. The molecule has 0 saturated carbocycles. The van der Waals surface area contributed by atoms with Crippen LogP contribution in [0, 0.1) is 6.92 Å². The van der Waals surface area contributed by atoms with Gasteiger partial charge in [0.1, 0.15) is 5.25 Å². The smallest absolute Gasteiger partial charge is 0.240 e. The van der Waals surface area contributed by atoms with Crippen molar-refractivity contribution in [1.29, 1.82) is 0 Å². The molecule has 26 heavy (non-hydrogen) atoms. The summed E-state index contributed by atoms with van der Waals surface area (Å²) in [5.41, 5.74) is 2.37. The lowest BCUT2D eigenvalue weighted by Gasteiger charge is -2.08. The van der Waals surface area contributed by atoms with Gasteiger partial charge in [-0.05, 0) is 37.3 Å². The summed E-state index contributed by atoms with van der Waals surface area (Å²) in [6.07, 6.45) is 0.0214. The Balaban J connectivity index is 1.62. The average molecular weight is 408 g/mol. The second-order valence-corrected chi connectivity index (χ2v) is 7.82. The zero-order valence-corrected chi connectivity index (χ0v) is 16.1. The SMILES string of the molecule is Cc1ccc(N=C2NC(=O)C(CC(=O)Nc3cc(Cl)cc(Cl)c3)S2)cc1. The van der Waals surface area contributed by atoms with Crippen LogP contribution in [0.25, 0.3) is 0 Å². The Morgan fingerprint density at radius 3 is 2.50 bits per heavy atom. The molecule has 1 fully saturated rings. The van der Waals surface area contributed by atoms with Gasteiger partial charge in [0.15, 0.2) is 5.17 Å². The molecule has 0 aliphatic carbocycles. The van der Waals surface area contributed by atoms with E-state index < -0.39 is 5.25 Å². The van der Waals surface area contributed by atoms with E-state index in [-0.39, 0.29) is 18.2 Å². The summed E-state index contributed by atoms with van der Waals surface area (Å²) in [5.74, 6) is -0.535. The molecule has 2 aromatic carbocycles. The number of aliphatic imine (C=N–C) groups is 1. The van der Waals surface area contributed by atoms with Crippen LogP contribution in [0.15, 0.2) is 47.5 Å². The number of amides is 2. The fourth-order valence-corrected chi connectivity index (χ4v) is 3.85. The lowest BCUT2D eigenvalue weighted by atomic mass is 10.2. The number of carbonyl (C=O) groups excluding carboxylic acids is 2. The van der Waals surface area contributed by atoms with E-state index in [0.29, 0.717) is 20.9 Å². The van der Waals surface area contributed by atoms with Gasteiger partial charge in [-0.3, -0.25) is 9.59 Å². The number of anilines is 1. The average Bonchev–Trinajstić information content (AvgIpc) is 2.88. The third-order valence-corrected chi connectivity index (χ3v) is 5.08. The zero-order valence-electron chi connectivity index (χ0n) is 13.8. The number of rotatable bonds is 4. The minimum Gasteiger partial charge on any atom is -0.326 e. The first-order valence-corrected chi connectivity index (χ1v) is 9.41. The summed E-state index contributed by atoms with van der Waals surface area (Å²) >= 11 is 13.1. The Labute approximate surface area is 165 Å². The van der Waals surface area contributed by atoms with E-state index in [1.807, 2.05) is 31.2 Å². The molecule has 2 N–H and O–H groups in total. The van der Waals surface area contributed by atoms with Crippen LogP contribution in [0.2, 0.25) is 10.0 Å². The van der Waals surface area contributed by atoms with Crippen molar-refractivity contribution in [2.24, 2.45) is 4.99 Å². The predicted molar refractivity (Wildman–Crippen MR) is 108 cm³/mol. The van der Waals surface area contributed by atoms with Crippen LogP contribution in [-0.2, 0) is 9.59 Å². The molecule has 0 aromatic heterocycles. The number of hydrogen-bond acceptors (Lipinski definition) is 4. The highest BCUT2D eigenvalue weighted by Crippen LogP contribution is 2.27. The van der Waals surface area contributed by atoms with Crippen LogP contribution in [0.3, 0.4) is 0 Å². The molecule has 1 aliphatic heterocycles. The summed E-state index contributed by atoms with van der Waals surface area (Å²) in [5, 5.41) is 6.21. The van der Waals surface area contributed by atoms with E-state index in [9.17, 15) is 9.59 Å². The van der Waals surface area contributed by atoms with E-state index in [2.05, 4.69) is 15.6 Å². The van der Waals surface area contributed by atoms with Crippen LogP contribution in [0.5, 0.6) is 0 Å². The Morgan fingerprint density at radius 1 is 1.19 bits per heavy atom. The van der Waals surface area contributed by atoms with Crippen molar-refractivity contribution in [2.75, 3.05) is 5.32 Å². The summed E-state index contributed by atoms with van der Waals surface area (Å²) in [6, 6.07) is 12.4. The number of halogens is 2. The monoisotopic (exact) mass is 407 g/mol. The normalized spacial score (nSPS) is 18.0. The molecule has 1 heterocycles. The molecule has 2 aromatic rings. The maximum atomic E-state index is 12.2. The van der Waals surface area contributed by atoms with Crippen molar-refractivity contribution < 1.29 is 9.59 Å².